The van der Waals surface area contributed by atoms with Crippen LogP contribution in [-0.2, 0) is 0 Å². The molecule has 4 rings (SSSR count). The van der Waals surface area contributed by atoms with Crippen LogP contribution in [-0.4, -0.2) is 53.0 Å². The van der Waals surface area contributed by atoms with Crippen LogP contribution in [0.1, 0.15) is 23.2 Å². The summed E-state index contributed by atoms with van der Waals surface area (Å²) in [7, 11) is 0. The third-order valence-electron chi connectivity index (χ3n) is 4.78. The number of fused-ring (bicyclic) bond motifs is 1. The van der Waals surface area contributed by atoms with E-state index in [2.05, 4.69) is 10.2 Å². The molecule has 5 heteroatoms. The summed E-state index contributed by atoms with van der Waals surface area (Å²) in [5.41, 5.74) is 0.792. The summed E-state index contributed by atoms with van der Waals surface area (Å²) < 4.78 is 0. The van der Waals surface area contributed by atoms with E-state index in [1.165, 1.54) is 12.8 Å². The van der Waals surface area contributed by atoms with Gasteiger partial charge in [0.1, 0.15) is 0 Å². The third-order valence-corrected chi connectivity index (χ3v) is 5.16. The highest BCUT2D eigenvalue weighted by molar-refractivity contribution is 7.80. The zero-order valence-corrected chi connectivity index (χ0v) is 14.4. The van der Waals surface area contributed by atoms with E-state index in [9.17, 15) is 4.79 Å². The highest BCUT2D eigenvalue weighted by Crippen LogP contribution is 2.21. The van der Waals surface area contributed by atoms with Gasteiger partial charge in [-0.05, 0) is 41.9 Å². The molecular formula is C19H21N3OS. The number of nitrogens with zero attached hydrogens (tertiary/aromatic N) is 2. The Morgan fingerprint density at radius 3 is 2.38 bits per heavy atom. The Hall–Kier alpha value is -2.14. The second-order valence-electron chi connectivity index (χ2n) is 6.53. The zero-order valence-electron chi connectivity index (χ0n) is 13.6. The Kier molecular flexibility index (Phi) is 4.10. The normalized spacial score (nSPS) is 17.8. The van der Waals surface area contributed by atoms with Crippen molar-refractivity contribution in [3.63, 3.8) is 0 Å². The molecule has 1 heterocycles. The number of benzene rings is 2. The average molecular weight is 339 g/mol. The van der Waals surface area contributed by atoms with Gasteiger partial charge in [-0.1, -0.05) is 36.4 Å². The van der Waals surface area contributed by atoms with Gasteiger partial charge < -0.3 is 15.1 Å². The first-order valence-corrected chi connectivity index (χ1v) is 8.96. The van der Waals surface area contributed by atoms with Crippen molar-refractivity contribution >= 4 is 34.0 Å². The molecule has 0 spiro atoms. The molecule has 1 aliphatic carbocycles. The Balaban J connectivity index is 1.45. The lowest BCUT2D eigenvalue weighted by molar-refractivity contribution is 0.0693. The first kappa shape index (κ1) is 15.4. The molecule has 4 nitrogen and oxygen atoms in total. The van der Waals surface area contributed by atoms with Gasteiger partial charge in [0.25, 0.3) is 5.91 Å². The van der Waals surface area contributed by atoms with E-state index in [0.717, 1.165) is 34.5 Å². The molecule has 1 saturated carbocycles. The molecule has 2 aromatic carbocycles. The first-order valence-electron chi connectivity index (χ1n) is 8.55. The molecular weight excluding hydrogens is 318 g/mol. The van der Waals surface area contributed by atoms with E-state index in [4.69, 9.17) is 12.2 Å². The average Bonchev–Trinajstić information content (AvgIpc) is 3.45. The highest BCUT2D eigenvalue weighted by atomic mass is 32.1. The Morgan fingerprint density at radius 1 is 0.958 bits per heavy atom. The maximum atomic E-state index is 12.9. The molecule has 1 saturated heterocycles. The van der Waals surface area contributed by atoms with Gasteiger partial charge in [-0.15, -0.1) is 0 Å². The highest BCUT2D eigenvalue weighted by Gasteiger charge is 2.27. The number of hydrogen-bond acceptors (Lipinski definition) is 2. The molecule has 2 fully saturated rings. The van der Waals surface area contributed by atoms with E-state index in [-0.39, 0.29) is 5.91 Å². The van der Waals surface area contributed by atoms with E-state index < -0.39 is 0 Å². The minimum absolute atomic E-state index is 0.118. The van der Waals surface area contributed by atoms with Crippen molar-refractivity contribution in [3.05, 3.63) is 48.0 Å². The monoisotopic (exact) mass is 339 g/mol. The zero-order chi connectivity index (χ0) is 16.5. The fourth-order valence-electron chi connectivity index (χ4n) is 3.19. The van der Waals surface area contributed by atoms with Gasteiger partial charge in [0.05, 0.1) is 0 Å². The van der Waals surface area contributed by atoms with Gasteiger partial charge in [0.15, 0.2) is 5.11 Å². The number of thiocarbonyl (C=S) groups is 1. The van der Waals surface area contributed by atoms with Crippen molar-refractivity contribution in [1.29, 1.82) is 0 Å². The predicted molar refractivity (Wildman–Crippen MR) is 100 cm³/mol. The predicted octanol–water partition coefficient (Wildman–Crippen LogP) is 2.63. The molecule has 124 valence electrons. The second-order valence-corrected chi connectivity index (χ2v) is 6.92. The molecule has 0 aromatic heterocycles. The molecule has 2 aliphatic rings. The van der Waals surface area contributed by atoms with Crippen LogP contribution in [0, 0.1) is 0 Å². The standard InChI is InChI=1S/C19H21N3OS/c23-18(17-7-3-5-14-4-1-2-6-16(14)17)21-10-12-22(13-11-21)19(24)20-15-8-9-15/h1-7,15H,8-13H2,(H,20,24). The van der Waals surface area contributed by atoms with Crippen LogP contribution in [0.5, 0.6) is 0 Å². The maximum Gasteiger partial charge on any atom is 0.254 e. The molecule has 2 aromatic rings. The topological polar surface area (TPSA) is 35.6 Å². The van der Waals surface area contributed by atoms with Crippen LogP contribution >= 0.6 is 12.2 Å². The van der Waals surface area contributed by atoms with E-state index >= 15 is 0 Å². The summed E-state index contributed by atoms with van der Waals surface area (Å²) in [6.45, 7) is 3.03. The smallest absolute Gasteiger partial charge is 0.254 e. The van der Waals surface area contributed by atoms with Gasteiger partial charge in [-0.2, -0.15) is 0 Å². The lowest BCUT2D eigenvalue weighted by Crippen LogP contribution is -2.53. The number of piperazine rings is 1. The molecule has 0 atom stereocenters. The van der Waals surface area contributed by atoms with Crippen molar-refractivity contribution in [2.75, 3.05) is 26.2 Å². The molecule has 1 aliphatic heterocycles. The molecule has 0 unspecified atom stereocenters. The lowest BCUT2D eigenvalue weighted by Gasteiger charge is -2.36. The molecule has 0 bridgehead atoms. The first-order chi connectivity index (χ1) is 11.7. The van der Waals surface area contributed by atoms with Gasteiger partial charge in [-0.25, -0.2) is 0 Å². The molecule has 1 N–H and O–H groups in total. The summed E-state index contributed by atoms with van der Waals surface area (Å²) in [5.74, 6) is 0.118. The van der Waals surface area contributed by atoms with Crippen molar-refractivity contribution in [3.8, 4) is 0 Å². The lowest BCUT2D eigenvalue weighted by atomic mass is 10.0. The van der Waals surface area contributed by atoms with Crippen LogP contribution in [0.15, 0.2) is 42.5 Å². The summed E-state index contributed by atoms with van der Waals surface area (Å²) in [6, 6.07) is 14.6. The van der Waals surface area contributed by atoms with E-state index in [0.29, 0.717) is 19.1 Å². The van der Waals surface area contributed by atoms with E-state index in [1.807, 2.05) is 47.4 Å². The minimum atomic E-state index is 0.118. The van der Waals surface area contributed by atoms with Crippen molar-refractivity contribution in [1.82, 2.24) is 15.1 Å². The number of rotatable bonds is 2. The summed E-state index contributed by atoms with van der Waals surface area (Å²) >= 11 is 5.46. The Morgan fingerprint density at radius 2 is 1.62 bits per heavy atom. The summed E-state index contributed by atoms with van der Waals surface area (Å²) in [5, 5.41) is 6.35. The van der Waals surface area contributed by atoms with Crippen LogP contribution in [0.3, 0.4) is 0 Å². The van der Waals surface area contributed by atoms with Gasteiger partial charge in [-0.3, -0.25) is 4.79 Å². The van der Waals surface area contributed by atoms with Gasteiger partial charge in [0, 0.05) is 37.8 Å². The minimum Gasteiger partial charge on any atom is -0.360 e. The second kappa shape index (κ2) is 6.40. The fourth-order valence-corrected chi connectivity index (χ4v) is 3.54. The number of amides is 1. The molecule has 24 heavy (non-hydrogen) atoms. The molecule has 0 radical (unpaired) electrons. The van der Waals surface area contributed by atoms with Crippen molar-refractivity contribution in [2.45, 2.75) is 18.9 Å². The van der Waals surface area contributed by atoms with Crippen LogP contribution in [0.25, 0.3) is 10.8 Å². The number of carbonyl (C=O) groups excluding carboxylic acids is 1. The largest absolute Gasteiger partial charge is 0.360 e. The number of nitrogens with one attached hydrogen (secondary N) is 1. The van der Waals surface area contributed by atoms with Crippen LogP contribution in [0.4, 0.5) is 0 Å². The Bertz CT molecular complexity index is 774. The Labute approximate surface area is 147 Å². The van der Waals surface area contributed by atoms with Crippen molar-refractivity contribution in [2.24, 2.45) is 0 Å². The quantitative estimate of drug-likeness (QED) is 0.853. The van der Waals surface area contributed by atoms with Crippen LogP contribution < -0.4 is 5.32 Å². The van der Waals surface area contributed by atoms with Crippen molar-refractivity contribution < 1.29 is 4.79 Å². The summed E-state index contributed by atoms with van der Waals surface area (Å²) in [4.78, 5) is 17.1. The maximum absolute atomic E-state index is 12.9. The number of hydrogen-bond donors (Lipinski definition) is 1. The summed E-state index contributed by atoms with van der Waals surface area (Å²) in [6.07, 6.45) is 2.44. The van der Waals surface area contributed by atoms with Gasteiger partial charge in [0.2, 0.25) is 0 Å². The fraction of sp³-hybridized carbons (Fsp3) is 0.368. The SMILES string of the molecule is O=C(c1cccc2ccccc12)N1CCN(C(=S)NC2CC2)CC1. The van der Waals surface area contributed by atoms with Gasteiger partial charge >= 0.3 is 0 Å². The van der Waals surface area contributed by atoms with E-state index in [1.54, 1.807) is 0 Å². The third kappa shape index (κ3) is 3.08. The number of carbonyl (C=O) groups is 1. The molecule has 1 amide bonds. The van der Waals surface area contributed by atoms with Crippen LogP contribution in [0.2, 0.25) is 0 Å².